The Labute approximate surface area is 118 Å². The van der Waals surface area contributed by atoms with Crippen LogP contribution in [0.2, 0.25) is 0 Å². The van der Waals surface area contributed by atoms with E-state index in [0.717, 1.165) is 0 Å². The number of hydrogen-bond donors (Lipinski definition) is 3. The number of carbonyl (C=O) groups is 4. The van der Waals surface area contributed by atoms with Crippen molar-refractivity contribution in [2.75, 3.05) is 6.61 Å². The van der Waals surface area contributed by atoms with Crippen LogP contribution in [0.15, 0.2) is 29.8 Å². The van der Waals surface area contributed by atoms with E-state index in [4.69, 9.17) is 10.5 Å². The molecule has 0 saturated carbocycles. The van der Waals surface area contributed by atoms with Gasteiger partial charge in [0.05, 0.1) is 0 Å². The van der Waals surface area contributed by atoms with Crippen molar-refractivity contribution in [2.45, 2.75) is 0 Å². The third-order valence-electron chi connectivity index (χ3n) is 2.53. The lowest BCUT2D eigenvalue weighted by Crippen LogP contribution is -2.51. The van der Waals surface area contributed by atoms with Crippen LogP contribution < -0.4 is 21.1 Å². The molecule has 21 heavy (non-hydrogen) atoms. The van der Waals surface area contributed by atoms with Crippen LogP contribution in [0.25, 0.3) is 6.08 Å². The molecule has 4 N–H and O–H groups in total. The highest BCUT2D eigenvalue weighted by Crippen LogP contribution is 2.21. The minimum absolute atomic E-state index is 0.246. The summed E-state index contributed by atoms with van der Waals surface area (Å²) in [6.07, 6.45) is 1.26. The van der Waals surface area contributed by atoms with E-state index in [1.165, 1.54) is 6.08 Å². The van der Waals surface area contributed by atoms with E-state index in [-0.39, 0.29) is 17.9 Å². The van der Waals surface area contributed by atoms with Gasteiger partial charge in [-0.05, 0) is 12.1 Å². The van der Waals surface area contributed by atoms with Crippen molar-refractivity contribution < 1.29 is 23.9 Å². The third kappa shape index (κ3) is 3.44. The Morgan fingerprint density at radius 3 is 2.38 bits per heavy atom. The summed E-state index contributed by atoms with van der Waals surface area (Å²) in [5.74, 6) is -2.00. The maximum atomic E-state index is 11.6. The monoisotopic (exact) mass is 289 g/mol. The number of imide groups is 2. The minimum Gasteiger partial charge on any atom is -0.483 e. The number of nitrogens with one attached hydrogen (secondary N) is 2. The summed E-state index contributed by atoms with van der Waals surface area (Å²) in [5.41, 5.74) is 5.14. The molecule has 1 aliphatic rings. The Kier molecular flexibility index (Phi) is 3.98. The van der Waals surface area contributed by atoms with Gasteiger partial charge in [-0.1, -0.05) is 18.2 Å². The van der Waals surface area contributed by atoms with Gasteiger partial charge in [-0.25, -0.2) is 4.79 Å². The van der Waals surface area contributed by atoms with E-state index in [2.05, 4.69) is 0 Å². The maximum Gasteiger partial charge on any atom is 0.328 e. The lowest BCUT2D eigenvalue weighted by Gasteiger charge is -2.14. The number of ether oxygens (including phenoxy) is 1. The van der Waals surface area contributed by atoms with Crippen molar-refractivity contribution in [1.29, 1.82) is 0 Å². The summed E-state index contributed by atoms with van der Waals surface area (Å²) < 4.78 is 5.18. The lowest BCUT2D eigenvalue weighted by molar-refractivity contribution is -0.124. The molecule has 0 bridgehead atoms. The van der Waals surface area contributed by atoms with E-state index in [9.17, 15) is 19.2 Å². The van der Waals surface area contributed by atoms with E-state index < -0.39 is 23.8 Å². The third-order valence-corrected chi connectivity index (χ3v) is 2.53. The summed E-state index contributed by atoms with van der Waals surface area (Å²) in [4.78, 5) is 44.9. The van der Waals surface area contributed by atoms with Crippen LogP contribution >= 0.6 is 0 Å². The van der Waals surface area contributed by atoms with Gasteiger partial charge >= 0.3 is 6.03 Å². The van der Waals surface area contributed by atoms with Crippen molar-refractivity contribution in [2.24, 2.45) is 5.73 Å². The Balaban J connectivity index is 2.31. The Bertz CT molecular complexity index is 644. The van der Waals surface area contributed by atoms with Crippen LogP contribution in [0.5, 0.6) is 5.75 Å². The second-order valence-corrected chi connectivity index (χ2v) is 4.09. The highest BCUT2D eigenvalue weighted by atomic mass is 16.5. The molecule has 0 unspecified atom stereocenters. The summed E-state index contributed by atoms with van der Waals surface area (Å²) in [5, 5.41) is 3.91. The summed E-state index contributed by atoms with van der Waals surface area (Å²) >= 11 is 0. The molecule has 1 aliphatic heterocycles. The summed E-state index contributed by atoms with van der Waals surface area (Å²) in [7, 11) is 0. The molecule has 1 saturated heterocycles. The molecule has 5 amide bonds. The molecule has 0 aliphatic carbocycles. The van der Waals surface area contributed by atoms with Crippen molar-refractivity contribution in [3.63, 3.8) is 0 Å². The van der Waals surface area contributed by atoms with Crippen LogP contribution in [0.1, 0.15) is 5.56 Å². The Morgan fingerprint density at radius 2 is 1.76 bits per heavy atom. The van der Waals surface area contributed by atoms with Crippen molar-refractivity contribution in [3.8, 4) is 5.75 Å². The van der Waals surface area contributed by atoms with Crippen LogP contribution in [0.3, 0.4) is 0 Å². The van der Waals surface area contributed by atoms with Gasteiger partial charge in [0.1, 0.15) is 11.3 Å². The second-order valence-electron chi connectivity index (χ2n) is 4.09. The number of benzene rings is 1. The standard InChI is InChI=1S/C13H11N3O5/c14-10(17)6-21-9-4-2-1-3-7(9)5-8-11(18)15-13(20)16-12(8)19/h1-5H,6H2,(H2,14,17)(H2,15,16,18,19,20). The fourth-order valence-electron chi connectivity index (χ4n) is 1.64. The number of carbonyl (C=O) groups excluding carboxylic acids is 4. The topological polar surface area (TPSA) is 128 Å². The molecule has 1 heterocycles. The summed E-state index contributed by atoms with van der Waals surface area (Å²) in [6, 6.07) is 5.58. The second kappa shape index (κ2) is 5.87. The van der Waals surface area contributed by atoms with Gasteiger partial charge in [-0.2, -0.15) is 0 Å². The van der Waals surface area contributed by atoms with Crippen LogP contribution in [-0.2, 0) is 14.4 Å². The van der Waals surface area contributed by atoms with Gasteiger partial charge in [0.15, 0.2) is 6.61 Å². The van der Waals surface area contributed by atoms with E-state index >= 15 is 0 Å². The number of urea groups is 1. The zero-order valence-electron chi connectivity index (χ0n) is 10.7. The predicted octanol–water partition coefficient (Wildman–Crippen LogP) is -0.700. The highest BCUT2D eigenvalue weighted by Gasteiger charge is 2.27. The molecule has 2 rings (SSSR count). The first-order chi connectivity index (χ1) is 9.97. The lowest BCUT2D eigenvalue weighted by atomic mass is 10.1. The Hall–Kier alpha value is -3.16. The first-order valence-electron chi connectivity index (χ1n) is 5.86. The molecule has 0 aromatic heterocycles. The number of primary amides is 1. The van der Waals surface area contributed by atoms with E-state index in [0.29, 0.717) is 5.56 Å². The molecule has 8 heteroatoms. The number of hydrogen-bond acceptors (Lipinski definition) is 5. The molecule has 108 valence electrons. The average Bonchev–Trinajstić information content (AvgIpc) is 2.41. The van der Waals surface area contributed by atoms with Gasteiger partial charge in [0.25, 0.3) is 17.7 Å². The molecule has 1 fully saturated rings. The fourth-order valence-corrected chi connectivity index (χ4v) is 1.64. The molecule has 1 aromatic carbocycles. The summed E-state index contributed by atoms with van der Waals surface area (Å²) in [6.45, 7) is -0.336. The zero-order chi connectivity index (χ0) is 15.4. The van der Waals surface area contributed by atoms with Crippen molar-refractivity contribution in [1.82, 2.24) is 10.6 Å². The number of para-hydroxylation sites is 1. The smallest absolute Gasteiger partial charge is 0.328 e. The minimum atomic E-state index is -0.875. The normalized spacial score (nSPS) is 14.3. The van der Waals surface area contributed by atoms with Gasteiger partial charge in [0.2, 0.25) is 0 Å². The van der Waals surface area contributed by atoms with Gasteiger partial charge < -0.3 is 10.5 Å². The first-order valence-corrected chi connectivity index (χ1v) is 5.86. The molecule has 8 nitrogen and oxygen atoms in total. The molecule has 0 radical (unpaired) electrons. The largest absolute Gasteiger partial charge is 0.483 e. The molecule has 0 spiro atoms. The maximum absolute atomic E-state index is 11.6. The fraction of sp³-hybridized carbons (Fsp3) is 0.0769. The molecule has 1 aromatic rings. The predicted molar refractivity (Wildman–Crippen MR) is 70.8 cm³/mol. The van der Waals surface area contributed by atoms with Crippen molar-refractivity contribution >= 4 is 29.8 Å². The van der Waals surface area contributed by atoms with Crippen LogP contribution in [0.4, 0.5) is 4.79 Å². The first kappa shape index (κ1) is 14.3. The Morgan fingerprint density at radius 1 is 1.14 bits per heavy atom. The van der Waals surface area contributed by atoms with Gasteiger partial charge in [-0.3, -0.25) is 25.0 Å². The number of barbiturate groups is 1. The quantitative estimate of drug-likeness (QED) is 0.499. The average molecular weight is 289 g/mol. The van der Waals surface area contributed by atoms with Crippen molar-refractivity contribution in [3.05, 3.63) is 35.4 Å². The van der Waals surface area contributed by atoms with E-state index in [1.54, 1.807) is 24.3 Å². The zero-order valence-corrected chi connectivity index (χ0v) is 10.7. The van der Waals surface area contributed by atoms with Gasteiger partial charge in [-0.15, -0.1) is 0 Å². The molecule has 0 atom stereocenters. The highest BCUT2D eigenvalue weighted by molar-refractivity contribution is 6.31. The number of amides is 5. The molecular weight excluding hydrogens is 278 g/mol. The number of rotatable bonds is 4. The van der Waals surface area contributed by atoms with Crippen LogP contribution in [-0.4, -0.2) is 30.4 Å². The van der Waals surface area contributed by atoms with Crippen LogP contribution in [0, 0.1) is 0 Å². The SMILES string of the molecule is NC(=O)COc1ccccc1C=C1C(=O)NC(=O)NC1=O. The van der Waals surface area contributed by atoms with Gasteiger partial charge in [0, 0.05) is 5.56 Å². The number of nitrogens with two attached hydrogens (primary N) is 1. The molecular formula is C13H11N3O5. The van der Waals surface area contributed by atoms with E-state index in [1.807, 2.05) is 10.6 Å².